The SMILES string of the molecule is CCOc1ccc(N(Cc2ccccc2O)C(=S)Nc2ccc(CC)cc2)cc1. The van der Waals surface area contributed by atoms with Crippen LogP contribution in [-0.4, -0.2) is 16.8 Å². The molecule has 0 bridgehead atoms. The second-order valence-electron chi connectivity index (χ2n) is 6.62. The van der Waals surface area contributed by atoms with Gasteiger partial charge in [-0.1, -0.05) is 37.3 Å². The zero-order chi connectivity index (χ0) is 20.6. The maximum Gasteiger partial charge on any atom is 0.178 e. The Morgan fingerprint density at radius 2 is 1.66 bits per heavy atom. The van der Waals surface area contributed by atoms with Gasteiger partial charge in [0.1, 0.15) is 11.5 Å². The molecule has 3 aromatic rings. The molecular formula is C24H26N2O2S. The average molecular weight is 407 g/mol. The summed E-state index contributed by atoms with van der Waals surface area (Å²) in [4.78, 5) is 1.97. The summed E-state index contributed by atoms with van der Waals surface area (Å²) in [5.41, 5.74) is 3.92. The third-order valence-electron chi connectivity index (χ3n) is 4.64. The third kappa shape index (κ3) is 5.48. The summed E-state index contributed by atoms with van der Waals surface area (Å²) >= 11 is 5.73. The molecule has 0 atom stereocenters. The molecule has 5 heteroatoms. The van der Waals surface area contributed by atoms with Crippen LogP contribution < -0.4 is 15.0 Å². The first-order valence-corrected chi connectivity index (χ1v) is 10.2. The van der Waals surface area contributed by atoms with Gasteiger partial charge >= 0.3 is 0 Å². The monoisotopic (exact) mass is 406 g/mol. The molecule has 0 radical (unpaired) electrons. The van der Waals surface area contributed by atoms with Gasteiger partial charge in [-0.05, 0) is 73.6 Å². The number of nitrogens with one attached hydrogen (secondary N) is 1. The maximum atomic E-state index is 10.2. The molecule has 0 heterocycles. The van der Waals surface area contributed by atoms with E-state index in [2.05, 4.69) is 24.4 Å². The van der Waals surface area contributed by atoms with Crippen LogP contribution in [0.15, 0.2) is 72.8 Å². The highest BCUT2D eigenvalue weighted by molar-refractivity contribution is 7.80. The van der Waals surface area contributed by atoms with Crippen molar-refractivity contribution in [1.82, 2.24) is 0 Å². The Morgan fingerprint density at radius 3 is 2.28 bits per heavy atom. The molecule has 0 aliphatic carbocycles. The molecule has 0 amide bonds. The summed E-state index contributed by atoms with van der Waals surface area (Å²) in [6.07, 6.45) is 0.996. The predicted octanol–water partition coefficient (Wildman–Crippen LogP) is 5.76. The maximum absolute atomic E-state index is 10.2. The Labute approximate surface area is 177 Å². The number of para-hydroxylation sites is 1. The molecule has 4 nitrogen and oxygen atoms in total. The van der Waals surface area contributed by atoms with Crippen LogP contribution in [0.3, 0.4) is 0 Å². The largest absolute Gasteiger partial charge is 0.508 e. The molecule has 2 N–H and O–H groups in total. The minimum absolute atomic E-state index is 0.249. The van der Waals surface area contributed by atoms with Crippen molar-refractivity contribution in [2.45, 2.75) is 26.8 Å². The fourth-order valence-electron chi connectivity index (χ4n) is 3.00. The highest BCUT2D eigenvalue weighted by Crippen LogP contribution is 2.25. The number of hydrogen-bond acceptors (Lipinski definition) is 3. The molecule has 0 saturated carbocycles. The van der Waals surface area contributed by atoms with Crippen LogP contribution in [0, 0.1) is 0 Å². The summed E-state index contributed by atoms with van der Waals surface area (Å²) in [7, 11) is 0. The van der Waals surface area contributed by atoms with Gasteiger partial charge in [-0.15, -0.1) is 0 Å². The van der Waals surface area contributed by atoms with Crippen molar-refractivity contribution >= 4 is 28.7 Å². The van der Waals surface area contributed by atoms with Crippen LogP contribution in [0.25, 0.3) is 0 Å². The number of aryl methyl sites for hydroxylation is 1. The summed E-state index contributed by atoms with van der Waals surface area (Å²) in [5, 5.41) is 14.1. The Balaban J connectivity index is 1.86. The van der Waals surface area contributed by atoms with E-state index in [1.54, 1.807) is 6.07 Å². The molecule has 3 rings (SSSR count). The molecular weight excluding hydrogens is 380 g/mol. The van der Waals surface area contributed by atoms with Crippen LogP contribution in [0.5, 0.6) is 11.5 Å². The van der Waals surface area contributed by atoms with Crippen molar-refractivity contribution in [3.8, 4) is 11.5 Å². The minimum Gasteiger partial charge on any atom is -0.508 e. The van der Waals surface area contributed by atoms with E-state index >= 15 is 0 Å². The van der Waals surface area contributed by atoms with E-state index in [0.29, 0.717) is 18.3 Å². The second kappa shape index (κ2) is 9.94. The Kier molecular flexibility index (Phi) is 7.09. The highest BCUT2D eigenvalue weighted by atomic mass is 32.1. The first kappa shape index (κ1) is 20.7. The van der Waals surface area contributed by atoms with Crippen molar-refractivity contribution in [3.63, 3.8) is 0 Å². The lowest BCUT2D eigenvalue weighted by molar-refractivity contribution is 0.340. The standard InChI is InChI=1S/C24H26N2O2S/c1-3-18-9-11-20(12-10-18)25-24(29)26(17-19-7-5-6-8-23(19)27)21-13-15-22(16-14-21)28-4-2/h5-16,27H,3-4,17H2,1-2H3,(H,25,29). The first-order chi connectivity index (χ1) is 14.1. The molecule has 3 aromatic carbocycles. The number of thiocarbonyl (C=S) groups is 1. The van der Waals surface area contributed by atoms with E-state index in [1.165, 1.54) is 5.56 Å². The second-order valence-corrected chi connectivity index (χ2v) is 7.01. The molecule has 0 aliphatic rings. The highest BCUT2D eigenvalue weighted by Gasteiger charge is 2.15. The number of anilines is 2. The van der Waals surface area contributed by atoms with Crippen molar-refractivity contribution in [2.24, 2.45) is 0 Å². The van der Waals surface area contributed by atoms with Crippen LogP contribution >= 0.6 is 12.2 Å². The zero-order valence-corrected chi connectivity index (χ0v) is 17.6. The number of rotatable bonds is 7. The Bertz CT molecular complexity index is 940. The molecule has 150 valence electrons. The lowest BCUT2D eigenvalue weighted by atomic mass is 10.1. The van der Waals surface area contributed by atoms with Gasteiger partial charge in [0.15, 0.2) is 5.11 Å². The fraction of sp³-hybridized carbons (Fsp3) is 0.208. The van der Waals surface area contributed by atoms with Crippen LogP contribution in [0.1, 0.15) is 25.0 Å². The molecule has 0 aromatic heterocycles. The van der Waals surface area contributed by atoms with E-state index in [9.17, 15) is 5.11 Å². The summed E-state index contributed by atoms with van der Waals surface area (Å²) in [6.45, 7) is 5.16. The van der Waals surface area contributed by atoms with E-state index < -0.39 is 0 Å². The van der Waals surface area contributed by atoms with Gasteiger partial charge in [-0.2, -0.15) is 0 Å². The summed E-state index contributed by atoms with van der Waals surface area (Å²) in [5.74, 6) is 1.06. The van der Waals surface area contributed by atoms with Crippen LogP contribution in [0.4, 0.5) is 11.4 Å². The average Bonchev–Trinajstić information content (AvgIpc) is 2.74. The summed E-state index contributed by atoms with van der Waals surface area (Å²) < 4.78 is 5.55. The van der Waals surface area contributed by atoms with E-state index in [0.717, 1.165) is 29.1 Å². The number of aromatic hydroxyl groups is 1. The first-order valence-electron chi connectivity index (χ1n) is 9.78. The Morgan fingerprint density at radius 1 is 0.966 bits per heavy atom. The van der Waals surface area contributed by atoms with Gasteiger partial charge < -0.3 is 20.1 Å². The van der Waals surface area contributed by atoms with Crippen molar-refractivity contribution in [1.29, 1.82) is 0 Å². The van der Waals surface area contributed by atoms with Gasteiger partial charge in [0.2, 0.25) is 0 Å². The molecule has 0 saturated heterocycles. The van der Waals surface area contributed by atoms with Crippen LogP contribution in [0.2, 0.25) is 0 Å². The molecule has 29 heavy (non-hydrogen) atoms. The fourth-order valence-corrected chi connectivity index (χ4v) is 3.29. The number of phenolic OH excluding ortho intramolecular Hbond substituents is 1. The van der Waals surface area contributed by atoms with Gasteiger partial charge in [-0.3, -0.25) is 0 Å². The normalized spacial score (nSPS) is 10.4. The number of ether oxygens (including phenoxy) is 1. The Hall–Kier alpha value is -3.05. The lowest BCUT2D eigenvalue weighted by Crippen LogP contribution is -2.34. The van der Waals surface area contributed by atoms with E-state index in [4.69, 9.17) is 17.0 Å². The van der Waals surface area contributed by atoms with Gasteiger partial charge in [0, 0.05) is 16.9 Å². The quantitative estimate of drug-likeness (QED) is 0.489. The number of nitrogens with zero attached hydrogens (tertiary/aromatic N) is 1. The third-order valence-corrected chi connectivity index (χ3v) is 4.96. The minimum atomic E-state index is 0.249. The molecule has 0 aliphatic heterocycles. The van der Waals surface area contributed by atoms with E-state index in [1.807, 2.05) is 66.4 Å². The molecule has 0 spiro atoms. The zero-order valence-electron chi connectivity index (χ0n) is 16.8. The van der Waals surface area contributed by atoms with Crippen LogP contribution in [-0.2, 0) is 13.0 Å². The summed E-state index contributed by atoms with van der Waals surface area (Å²) in [6, 6.07) is 23.3. The molecule has 0 unspecified atom stereocenters. The van der Waals surface area contributed by atoms with Gasteiger partial charge in [0.05, 0.1) is 13.2 Å². The van der Waals surface area contributed by atoms with Crippen molar-refractivity contribution < 1.29 is 9.84 Å². The predicted molar refractivity (Wildman–Crippen MR) is 124 cm³/mol. The van der Waals surface area contributed by atoms with Gasteiger partial charge in [-0.25, -0.2) is 0 Å². The topological polar surface area (TPSA) is 44.7 Å². The smallest absolute Gasteiger partial charge is 0.178 e. The lowest BCUT2D eigenvalue weighted by Gasteiger charge is -2.27. The number of phenols is 1. The van der Waals surface area contributed by atoms with Crippen molar-refractivity contribution in [3.05, 3.63) is 83.9 Å². The van der Waals surface area contributed by atoms with E-state index in [-0.39, 0.29) is 5.75 Å². The number of hydrogen-bond donors (Lipinski definition) is 2. The molecule has 0 fully saturated rings. The number of benzene rings is 3. The van der Waals surface area contributed by atoms with Gasteiger partial charge in [0.25, 0.3) is 0 Å². The van der Waals surface area contributed by atoms with Crippen molar-refractivity contribution in [2.75, 3.05) is 16.8 Å².